The third kappa shape index (κ3) is 2.87. The van der Waals surface area contributed by atoms with Crippen molar-refractivity contribution < 1.29 is 9.13 Å². The summed E-state index contributed by atoms with van der Waals surface area (Å²) in [6.07, 6.45) is 5.55. The zero-order valence-corrected chi connectivity index (χ0v) is 10.4. The molecule has 2 heteroatoms. The predicted octanol–water partition coefficient (Wildman–Crippen LogP) is 4.34. The van der Waals surface area contributed by atoms with Crippen molar-refractivity contribution in [2.75, 3.05) is 0 Å². The maximum Gasteiger partial charge on any atom is 0.165 e. The summed E-state index contributed by atoms with van der Waals surface area (Å²) in [6.45, 7) is 4.32. The molecule has 0 radical (unpaired) electrons. The number of halogens is 1. The van der Waals surface area contributed by atoms with Crippen molar-refractivity contribution in [2.45, 2.75) is 39.2 Å². The summed E-state index contributed by atoms with van der Waals surface area (Å²) >= 11 is 0. The molecule has 0 saturated heterocycles. The standard InChI is InChI=1S/C15H19FO/c1-3-6-11(2)12-9-13(10-12)17-15-8-5-4-7-14(15)16/h4-8,12-13H,3,9-10H2,1-2H3/b11-6-/t12-,13+. The second kappa shape index (κ2) is 5.35. The van der Waals surface area contributed by atoms with Crippen molar-refractivity contribution in [1.29, 1.82) is 0 Å². The Morgan fingerprint density at radius 1 is 1.41 bits per heavy atom. The normalized spacial score (nSPS) is 24.3. The number of ether oxygens (including phenoxy) is 1. The fourth-order valence-corrected chi connectivity index (χ4v) is 2.24. The molecule has 0 unspecified atom stereocenters. The summed E-state index contributed by atoms with van der Waals surface area (Å²) in [4.78, 5) is 0. The monoisotopic (exact) mass is 234 g/mol. The number of allylic oxidation sites excluding steroid dienone is 2. The van der Waals surface area contributed by atoms with Crippen LogP contribution in [0, 0.1) is 11.7 Å². The highest BCUT2D eigenvalue weighted by atomic mass is 19.1. The van der Waals surface area contributed by atoms with Crippen LogP contribution < -0.4 is 4.74 Å². The van der Waals surface area contributed by atoms with Gasteiger partial charge in [0.15, 0.2) is 11.6 Å². The van der Waals surface area contributed by atoms with Gasteiger partial charge in [-0.1, -0.05) is 30.7 Å². The molecule has 0 N–H and O–H groups in total. The van der Waals surface area contributed by atoms with Crippen LogP contribution in [0.25, 0.3) is 0 Å². The molecule has 0 bridgehead atoms. The van der Waals surface area contributed by atoms with Crippen LogP contribution in [0.3, 0.4) is 0 Å². The molecule has 0 heterocycles. The Bertz CT molecular complexity index is 405. The molecule has 1 fully saturated rings. The first-order chi connectivity index (χ1) is 8.20. The zero-order chi connectivity index (χ0) is 12.3. The molecule has 2 rings (SSSR count). The van der Waals surface area contributed by atoms with Gasteiger partial charge in [-0.15, -0.1) is 0 Å². The van der Waals surface area contributed by atoms with Gasteiger partial charge < -0.3 is 4.74 Å². The average Bonchev–Trinajstić information content (AvgIpc) is 2.25. The smallest absolute Gasteiger partial charge is 0.165 e. The Balaban J connectivity index is 1.85. The Hall–Kier alpha value is -1.31. The number of rotatable bonds is 4. The van der Waals surface area contributed by atoms with Gasteiger partial charge in [-0.3, -0.25) is 0 Å². The number of hydrogen-bond acceptors (Lipinski definition) is 1. The minimum atomic E-state index is -0.267. The second-order valence-corrected chi connectivity index (χ2v) is 4.69. The van der Waals surface area contributed by atoms with E-state index in [-0.39, 0.29) is 11.9 Å². The van der Waals surface area contributed by atoms with Crippen LogP contribution in [0.5, 0.6) is 5.75 Å². The SMILES string of the molecule is CC/C=C(/C)[C@H]1C[C@@H](Oc2ccccc2F)C1. The minimum Gasteiger partial charge on any atom is -0.487 e. The molecular weight excluding hydrogens is 215 g/mol. The Morgan fingerprint density at radius 2 is 2.12 bits per heavy atom. The first-order valence-electron chi connectivity index (χ1n) is 6.28. The summed E-state index contributed by atoms with van der Waals surface area (Å²) in [5.41, 5.74) is 1.45. The summed E-state index contributed by atoms with van der Waals surface area (Å²) in [5, 5.41) is 0. The van der Waals surface area contributed by atoms with Crippen LogP contribution in [0.15, 0.2) is 35.9 Å². The van der Waals surface area contributed by atoms with E-state index in [1.807, 2.05) is 0 Å². The molecule has 1 nitrogen and oxygen atoms in total. The molecular formula is C15H19FO. The highest BCUT2D eigenvalue weighted by Gasteiger charge is 2.32. The van der Waals surface area contributed by atoms with Gasteiger partial charge in [0.25, 0.3) is 0 Å². The summed E-state index contributed by atoms with van der Waals surface area (Å²) in [7, 11) is 0. The van der Waals surface area contributed by atoms with E-state index in [9.17, 15) is 4.39 Å². The molecule has 0 atom stereocenters. The van der Waals surface area contributed by atoms with Crippen LogP contribution in [0.1, 0.15) is 33.1 Å². The van der Waals surface area contributed by atoms with E-state index in [0.29, 0.717) is 11.7 Å². The third-order valence-electron chi connectivity index (χ3n) is 3.40. The molecule has 0 amide bonds. The van der Waals surface area contributed by atoms with E-state index >= 15 is 0 Å². The number of benzene rings is 1. The maximum atomic E-state index is 13.4. The maximum absolute atomic E-state index is 13.4. The first-order valence-corrected chi connectivity index (χ1v) is 6.28. The van der Waals surface area contributed by atoms with Crippen molar-refractivity contribution in [1.82, 2.24) is 0 Å². The van der Waals surface area contributed by atoms with E-state index < -0.39 is 0 Å². The van der Waals surface area contributed by atoms with E-state index in [0.717, 1.165) is 19.3 Å². The molecule has 1 aliphatic carbocycles. The molecule has 0 aliphatic heterocycles. The topological polar surface area (TPSA) is 9.23 Å². The van der Waals surface area contributed by atoms with Crippen LogP contribution in [0.2, 0.25) is 0 Å². The van der Waals surface area contributed by atoms with Crippen LogP contribution in [0.4, 0.5) is 4.39 Å². The van der Waals surface area contributed by atoms with Gasteiger partial charge in [0.1, 0.15) is 6.10 Å². The molecule has 1 aromatic carbocycles. The zero-order valence-electron chi connectivity index (χ0n) is 10.4. The lowest BCUT2D eigenvalue weighted by molar-refractivity contribution is 0.0771. The van der Waals surface area contributed by atoms with E-state index in [4.69, 9.17) is 4.74 Å². The van der Waals surface area contributed by atoms with Crippen molar-refractivity contribution in [2.24, 2.45) is 5.92 Å². The molecule has 0 spiro atoms. The summed E-state index contributed by atoms with van der Waals surface area (Å²) in [6, 6.07) is 6.61. The van der Waals surface area contributed by atoms with Gasteiger partial charge in [-0.05, 0) is 44.2 Å². The van der Waals surface area contributed by atoms with E-state index in [2.05, 4.69) is 19.9 Å². The largest absolute Gasteiger partial charge is 0.487 e. The lowest BCUT2D eigenvalue weighted by atomic mass is 9.77. The second-order valence-electron chi connectivity index (χ2n) is 4.69. The quantitative estimate of drug-likeness (QED) is 0.704. The number of para-hydroxylation sites is 1. The van der Waals surface area contributed by atoms with Crippen LogP contribution in [-0.4, -0.2) is 6.10 Å². The molecule has 1 aliphatic rings. The Morgan fingerprint density at radius 3 is 2.76 bits per heavy atom. The van der Waals surface area contributed by atoms with Crippen LogP contribution >= 0.6 is 0 Å². The predicted molar refractivity (Wildman–Crippen MR) is 67.6 cm³/mol. The molecule has 17 heavy (non-hydrogen) atoms. The Kier molecular flexibility index (Phi) is 3.82. The first kappa shape index (κ1) is 12.2. The van der Waals surface area contributed by atoms with Gasteiger partial charge in [-0.25, -0.2) is 4.39 Å². The summed E-state index contributed by atoms with van der Waals surface area (Å²) in [5.74, 6) is 0.747. The van der Waals surface area contributed by atoms with Crippen molar-refractivity contribution in [3.05, 3.63) is 41.7 Å². The number of hydrogen-bond donors (Lipinski definition) is 0. The lowest BCUT2D eigenvalue weighted by Gasteiger charge is -2.36. The Labute approximate surface area is 102 Å². The van der Waals surface area contributed by atoms with E-state index in [1.165, 1.54) is 11.6 Å². The summed E-state index contributed by atoms with van der Waals surface area (Å²) < 4.78 is 19.0. The van der Waals surface area contributed by atoms with Gasteiger partial charge in [0.05, 0.1) is 0 Å². The van der Waals surface area contributed by atoms with Gasteiger partial charge >= 0.3 is 0 Å². The third-order valence-corrected chi connectivity index (χ3v) is 3.40. The van der Waals surface area contributed by atoms with Gasteiger partial charge in [-0.2, -0.15) is 0 Å². The van der Waals surface area contributed by atoms with Crippen molar-refractivity contribution >= 4 is 0 Å². The van der Waals surface area contributed by atoms with Crippen LogP contribution in [-0.2, 0) is 0 Å². The fourth-order valence-electron chi connectivity index (χ4n) is 2.24. The van der Waals surface area contributed by atoms with Crippen molar-refractivity contribution in [3.8, 4) is 5.75 Å². The molecule has 1 saturated carbocycles. The fraction of sp³-hybridized carbons (Fsp3) is 0.467. The van der Waals surface area contributed by atoms with Gasteiger partial charge in [0, 0.05) is 0 Å². The van der Waals surface area contributed by atoms with E-state index in [1.54, 1.807) is 18.2 Å². The van der Waals surface area contributed by atoms with Gasteiger partial charge in [0.2, 0.25) is 0 Å². The molecule has 0 aromatic heterocycles. The molecule has 1 aromatic rings. The highest BCUT2D eigenvalue weighted by Crippen LogP contribution is 2.36. The average molecular weight is 234 g/mol. The highest BCUT2D eigenvalue weighted by molar-refractivity contribution is 5.24. The van der Waals surface area contributed by atoms with Crippen molar-refractivity contribution in [3.63, 3.8) is 0 Å². The lowest BCUT2D eigenvalue weighted by Crippen LogP contribution is -2.34. The minimum absolute atomic E-state index is 0.178. The molecule has 92 valence electrons.